The Balaban J connectivity index is 1.13. The average Bonchev–Trinajstić information content (AvgIpc) is 3.84. The van der Waals surface area contributed by atoms with Crippen LogP contribution in [0.15, 0.2) is 109 Å². The van der Waals surface area contributed by atoms with Crippen molar-refractivity contribution < 1.29 is 29.2 Å². The molecule has 1 aliphatic carbocycles. The van der Waals surface area contributed by atoms with E-state index in [0.29, 0.717) is 49.4 Å². The molecule has 1 aromatic heterocycles. The fourth-order valence-electron chi connectivity index (χ4n) is 10.9. The SMILES string of the molecule is COC(=O)COc1c2cc(C(C)(C)C)cc1Cc1cc(C(C)(C)C)cc(c1O)Cc1cc(C(C)(C)C)cc(c1OCc1cn(Cc3ccc4ccc5cccc6ccc3c4c56)nn1)Cc1cc(C(C)(C)C)cc(c1O)C2. The Morgan fingerprint density at radius 2 is 0.921 bits per heavy atom. The first kappa shape index (κ1) is 52.1. The molecule has 0 atom stereocenters. The van der Waals surface area contributed by atoms with E-state index in [9.17, 15) is 15.0 Å². The molecule has 0 unspecified atom stereocenters. The molecule has 8 aromatic carbocycles. The molecule has 2 N–H and O–H groups in total. The molecule has 0 aliphatic heterocycles. The number of phenols is 2. The molecule has 9 aromatic rings. The molecular formula is C67H73N3O6. The number of fused-ring (bicyclic) bond motifs is 8. The van der Waals surface area contributed by atoms with Crippen molar-refractivity contribution in [2.24, 2.45) is 0 Å². The number of aromatic nitrogens is 3. The van der Waals surface area contributed by atoms with Gasteiger partial charge in [-0.1, -0.05) is 191 Å². The summed E-state index contributed by atoms with van der Waals surface area (Å²) in [7, 11) is 1.35. The largest absolute Gasteiger partial charge is 0.507 e. The van der Waals surface area contributed by atoms with Gasteiger partial charge in [-0.25, -0.2) is 9.48 Å². The number of carbonyl (C=O) groups is 1. The average molecular weight is 1020 g/mol. The smallest absolute Gasteiger partial charge is 0.343 e. The normalized spacial score (nSPS) is 13.4. The minimum absolute atomic E-state index is 0.144. The van der Waals surface area contributed by atoms with Gasteiger partial charge in [0.1, 0.15) is 35.3 Å². The van der Waals surface area contributed by atoms with Crippen molar-refractivity contribution in [3.63, 3.8) is 0 Å². The van der Waals surface area contributed by atoms with Crippen LogP contribution in [0.2, 0.25) is 0 Å². The zero-order valence-corrected chi connectivity index (χ0v) is 46.7. The van der Waals surface area contributed by atoms with E-state index in [-0.39, 0.29) is 46.4 Å². The zero-order valence-electron chi connectivity index (χ0n) is 46.7. The van der Waals surface area contributed by atoms with Crippen molar-refractivity contribution in [1.29, 1.82) is 0 Å². The maximum absolute atomic E-state index is 12.8. The van der Waals surface area contributed by atoms with E-state index in [1.54, 1.807) is 0 Å². The highest BCUT2D eigenvalue weighted by Crippen LogP contribution is 2.44. The summed E-state index contributed by atoms with van der Waals surface area (Å²) < 4.78 is 20.6. The number of ether oxygens (including phenoxy) is 3. The first-order valence-corrected chi connectivity index (χ1v) is 26.7. The highest BCUT2D eigenvalue weighted by molar-refractivity contribution is 6.23. The van der Waals surface area contributed by atoms with Gasteiger partial charge in [-0.05, 0) is 126 Å². The number of nitrogens with zero attached hydrogens (tertiary/aromatic N) is 3. The van der Waals surface area contributed by atoms with Crippen LogP contribution < -0.4 is 9.47 Å². The third-order valence-corrected chi connectivity index (χ3v) is 15.5. The summed E-state index contributed by atoms with van der Waals surface area (Å²) in [6.07, 6.45) is 3.31. The molecular weight excluding hydrogens is 943 g/mol. The molecule has 392 valence electrons. The first-order valence-electron chi connectivity index (χ1n) is 26.7. The summed E-state index contributed by atoms with van der Waals surface area (Å²) in [5.41, 5.74) is 11.6. The van der Waals surface area contributed by atoms with Gasteiger partial charge in [0.05, 0.1) is 19.9 Å². The minimum Gasteiger partial charge on any atom is -0.507 e. The fourth-order valence-corrected chi connectivity index (χ4v) is 10.9. The predicted molar refractivity (Wildman–Crippen MR) is 306 cm³/mol. The maximum atomic E-state index is 12.8. The maximum Gasteiger partial charge on any atom is 0.343 e. The molecule has 0 amide bonds. The number of carbonyl (C=O) groups excluding carboxylic acids is 1. The van der Waals surface area contributed by atoms with E-state index in [1.165, 1.54) is 39.4 Å². The summed E-state index contributed by atoms with van der Waals surface area (Å²) in [6.45, 7) is 26.7. The summed E-state index contributed by atoms with van der Waals surface area (Å²) in [5.74, 6) is 1.12. The Bertz CT molecular complexity index is 3570. The molecule has 76 heavy (non-hydrogen) atoms. The minimum atomic E-state index is -0.503. The lowest BCUT2D eigenvalue weighted by atomic mass is 9.79. The number of hydrogen-bond donors (Lipinski definition) is 2. The van der Waals surface area contributed by atoms with Gasteiger partial charge in [0, 0.05) is 25.7 Å². The highest BCUT2D eigenvalue weighted by Gasteiger charge is 2.29. The van der Waals surface area contributed by atoms with Crippen LogP contribution in [0.1, 0.15) is 161 Å². The van der Waals surface area contributed by atoms with Gasteiger partial charge < -0.3 is 24.4 Å². The van der Waals surface area contributed by atoms with E-state index < -0.39 is 5.97 Å². The van der Waals surface area contributed by atoms with Gasteiger partial charge in [-0.2, -0.15) is 0 Å². The van der Waals surface area contributed by atoms with Gasteiger partial charge in [0.2, 0.25) is 0 Å². The molecule has 9 heteroatoms. The molecule has 1 heterocycles. The third kappa shape index (κ3) is 10.3. The van der Waals surface area contributed by atoms with Gasteiger partial charge in [0.15, 0.2) is 6.61 Å². The number of rotatable bonds is 8. The van der Waals surface area contributed by atoms with Crippen molar-refractivity contribution in [1.82, 2.24) is 15.0 Å². The van der Waals surface area contributed by atoms with Crippen molar-refractivity contribution in [3.05, 3.63) is 187 Å². The number of methoxy groups -OCH3 is 1. The second-order valence-electron chi connectivity index (χ2n) is 25.4. The van der Waals surface area contributed by atoms with Crippen LogP contribution in [0.4, 0.5) is 0 Å². The fraction of sp³-hybridized carbons (Fsp3) is 0.358. The molecule has 0 saturated heterocycles. The molecule has 1 aliphatic rings. The van der Waals surface area contributed by atoms with Gasteiger partial charge >= 0.3 is 5.97 Å². The molecule has 0 spiro atoms. The van der Waals surface area contributed by atoms with E-state index in [0.717, 1.165) is 72.3 Å². The van der Waals surface area contributed by atoms with Crippen molar-refractivity contribution in [2.45, 2.75) is 144 Å². The van der Waals surface area contributed by atoms with Gasteiger partial charge in [-0.15, -0.1) is 5.10 Å². The predicted octanol–water partition coefficient (Wildman–Crippen LogP) is 14.6. The van der Waals surface area contributed by atoms with Gasteiger partial charge in [-0.3, -0.25) is 0 Å². The number of aromatic hydroxyl groups is 2. The number of phenolic OH excluding ortho intramolecular Hbond substituents is 2. The Labute approximate surface area is 448 Å². The summed E-state index contributed by atoms with van der Waals surface area (Å²) in [6, 6.07) is 37.0. The van der Waals surface area contributed by atoms with Crippen molar-refractivity contribution in [2.75, 3.05) is 13.7 Å². The van der Waals surface area contributed by atoms with Crippen LogP contribution in [0, 0.1) is 0 Å². The molecule has 8 bridgehead atoms. The van der Waals surface area contributed by atoms with E-state index in [1.807, 2.05) is 10.9 Å². The monoisotopic (exact) mass is 1020 g/mol. The van der Waals surface area contributed by atoms with Crippen LogP contribution in [0.25, 0.3) is 32.3 Å². The second-order valence-corrected chi connectivity index (χ2v) is 25.4. The summed E-state index contributed by atoms with van der Waals surface area (Å²) in [4.78, 5) is 12.8. The lowest BCUT2D eigenvalue weighted by molar-refractivity contribution is -0.142. The molecule has 0 saturated carbocycles. The number of benzene rings is 8. The standard InChI is InChI=1S/C67H73N3O6/c1-64(2,3)51-27-43-23-47-31-53(66(7,8)9)32-48(62(47)75-37-55-36-70(69-68-55)35-42-20-19-41-18-17-39-15-14-16-40-21-22-56(42)59(41)58(39)40)24-44-28-52(65(4,5)6)30-46(61(44)73)26-50-34-54(67(10,11)12)33-49(25-45(29-51)60(43)72)63(50)76-38-57(71)74-13/h14-22,27-34,36,72-73H,23-26,35,37-38H2,1-13H3. The van der Waals surface area contributed by atoms with E-state index in [4.69, 9.17) is 14.2 Å². The van der Waals surface area contributed by atoms with Crippen molar-refractivity contribution >= 4 is 38.3 Å². The lowest BCUT2D eigenvalue weighted by Gasteiger charge is -2.28. The van der Waals surface area contributed by atoms with Crippen LogP contribution in [-0.4, -0.2) is 44.9 Å². The Morgan fingerprint density at radius 1 is 0.526 bits per heavy atom. The van der Waals surface area contributed by atoms with Crippen LogP contribution in [0.5, 0.6) is 23.0 Å². The Kier molecular flexibility index (Phi) is 13.2. The van der Waals surface area contributed by atoms with Crippen LogP contribution >= 0.6 is 0 Å². The molecule has 0 fully saturated rings. The highest BCUT2D eigenvalue weighted by atomic mass is 16.6. The second kappa shape index (κ2) is 19.3. The van der Waals surface area contributed by atoms with Crippen LogP contribution in [0.3, 0.4) is 0 Å². The van der Waals surface area contributed by atoms with E-state index >= 15 is 0 Å². The first-order chi connectivity index (χ1) is 35.8. The topological polar surface area (TPSA) is 116 Å². The quantitative estimate of drug-likeness (QED) is 0.114. The number of esters is 1. The zero-order chi connectivity index (χ0) is 54.2. The lowest BCUT2D eigenvalue weighted by Crippen LogP contribution is -2.18. The van der Waals surface area contributed by atoms with E-state index in [2.05, 4.69) is 197 Å². The summed E-state index contributed by atoms with van der Waals surface area (Å²) >= 11 is 0. The number of hydrogen-bond acceptors (Lipinski definition) is 8. The molecule has 0 radical (unpaired) electrons. The molecule has 10 rings (SSSR count). The van der Waals surface area contributed by atoms with Gasteiger partial charge in [0.25, 0.3) is 0 Å². The summed E-state index contributed by atoms with van der Waals surface area (Å²) in [5, 5.41) is 42.2. The van der Waals surface area contributed by atoms with Crippen LogP contribution in [-0.2, 0) is 70.0 Å². The Morgan fingerprint density at radius 3 is 1.36 bits per heavy atom. The molecule has 9 nitrogen and oxygen atoms in total. The third-order valence-electron chi connectivity index (χ3n) is 15.5. The van der Waals surface area contributed by atoms with Crippen molar-refractivity contribution in [3.8, 4) is 23.0 Å². The Hall–Kier alpha value is -7.39.